The summed E-state index contributed by atoms with van der Waals surface area (Å²) in [6.07, 6.45) is -2.88. The second-order valence-electron chi connectivity index (χ2n) is 18.5. The van der Waals surface area contributed by atoms with Gasteiger partial charge < -0.3 is 49.7 Å². The van der Waals surface area contributed by atoms with Crippen molar-refractivity contribution in [3.63, 3.8) is 0 Å². The van der Waals surface area contributed by atoms with Gasteiger partial charge in [-0.05, 0) is 93.6 Å². The van der Waals surface area contributed by atoms with Crippen LogP contribution in [-0.4, -0.2) is 140 Å². The summed E-state index contributed by atoms with van der Waals surface area (Å²) in [4.78, 5) is 46.5. The summed E-state index contributed by atoms with van der Waals surface area (Å²) in [6, 6.07) is 18.7. The lowest BCUT2D eigenvalue weighted by Gasteiger charge is -2.33. The molecule has 0 saturated carbocycles. The molecule has 0 unspecified atom stereocenters. The van der Waals surface area contributed by atoms with Gasteiger partial charge in [0, 0.05) is 70.4 Å². The summed E-state index contributed by atoms with van der Waals surface area (Å²) >= 11 is 7.89. The van der Waals surface area contributed by atoms with E-state index < -0.39 is 18.8 Å². The number of carbonyl (C=O) groups excluding carboxylic acids is 3. The van der Waals surface area contributed by atoms with Crippen LogP contribution in [0.1, 0.15) is 81.0 Å². The Kier molecular flexibility index (Phi) is 18.9. The number of amides is 3. The van der Waals surface area contributed by atoms with Crippen molar-refractivity contribution in [2.75, 3.05) is 90.6 Å². The van der Waals surface area contributed by atoms with Gasteiger partial charge in [0.05, 0.1) is 88.7 Å². The molecule has 0 radical (unpaired) electrons. The Labute approximate surface area is 453 Å². The fraction of sp³-hybridized carbons (Fsp3) is 0.418. The third-order valence-corrected chi connectivity index (χ3v) is 14.7. The van der Waals surface area contributed by atoms with Crippen molar-refractivity contribution in [2.24, 2.45) is 4.99 Å². The fourth-order valence-corrected chi connectivity index (χ4v) is 10.6. The Morgan fingerprint density at radius 2 is 1.62 bits per heavy atom. The van der Waals surface area contributed by atoms with Crippen molar-refractivity contribution in [2.45, 2.75) is 71.3 Å². The number of anilines is 2. The number of aryl methyl sites for hydroxylation is 2. The van der Waals surface area contributed by atoms with Crippen LogP contribution in [0, 0.1) is 32.6 Å². The van der Waals surface area contributed by atoms with Gasteiger partial charge in [0.2, 0.25) is 11.8 Å². The van der Waals surface area contributed by atoms with E-state index in [1.165, 1.54) is 18.7 Å². The molecule has 3 aromatic heterocycles. The summed E-state index contributed by atoms with van der Waals surface area (Å²) in [6.45, 7) is 8.15. The molecule has 17 nitrogen and oxygen atoms in total. The molecule has 1 saturated heterocycles. The molecule has 6 aromatic rings. The Bertz CT molecular complexity index is 3160. The van der Waals surface area contributed by atoms with Crippen LogP contribution in [0.4, 0.5) is 24.5 Å². The van der Waals surface area contributed by atoms with Crippen LogP contribution in [0.3, 0.4) is 0 Å². The number of piperidine rings is 1. The third-order valence-electron chi connectivity index (χ3n) is 13.3. The average molecular weight is 1100 g/mol. The molecule has 22 heteroatoms. The van der Waals surface area contributed by atoms with Gasteiger partial charge in [-0.15, -0.1) is 21.5 Å². The maximum atomic E-state index is 13.9. The minimum absolute atomic E-state index is 0.00337. The standard InChI is InChI=1S/C55H62ClF3N10O7S/c1-34-35(2)77-54-50(34)51(37-11-14-39(56)15-12-37)64-45(52-66-65-36(3)69(52)54)32-48(70)62-21-25-75-27-29-76-28-26-74-24-19-49(71)67-22-17-40(18-23-67)63-43-9-6-10-46-42(43)31-41(68(46)33-55(57,58)59)8-7-20-61-44-16-13-38(53(72)60-4)30-47(44)73-5/h6,9-16,30-31,40,45,61,63H,17-29,32-33H2,1-5H3,(H,60,72)(H,62,70)/t45-/m0/s1. The van der Waals surface area contributed by atoms with Crippen molar-refractivity contribution >= 4 is 68.6 Å². The summed E-state index contributed by atoms with van der Waals surface area (Å²) in [5.74, 6) is 7.12. The zero-order valence-corrected chi connectivity index (χ0v) is 45.1. The second kappa shape index (κ2) is 25.9. The quantitative estimate of drug-likeness (QED) is 0.0379. The van der Waals surface area contributed by atoms with E-state index in [2.05, 4.69) is 57.2 Å². The lowest BCUT2D eigenvalue weighted by Crippen LogP contribution is -2.42. The highest BCUT2D eigenvalue weighted by molar-refractivity contribution is 7.15. The van der Waals surface area contributed by atoms with Crippen molar-refractivity contribution in [3.05, 3.63) is 116 Å². The van der Waals surface area contributed by atoms with Crippen LogP contribution in [0.15, 0.2) is 71.7 Å². The van der Waals surface area contributed by atoms with Crippen LogP contribution < -0.4 is 26.0 Å². The van der Waals surface area contributed by atoms with E-state index in [4.69, 9.17) is 35.5 Å². The topological polar surface area (TPSA) is 187 Å². The molecule has 3 aromatic carbocycles. The van der Waals surface area contributed by atoms with Gasteiger partial charge >= 0.3 is 6.18 Å². The van der Waals surface area contributed by atoms with E-state index in [9.17, 15) is 27.6 Å². The first-order chi connectivity index (χ1) is 37.1. The summed E-state index contributed by atoms with van der Waals surface area (Å²) in [5.41, 5.74) is 6.08. The predicted octanol–water partition coefficient (Wildman–Crippen LogP) is 8.20. The molecule has 4 N–H and O–H groups in total. The first-order valence-electron chi connectivity index (χ1n) is 25.3. The van der Waals surface area contributed by atoms with Gasteiger partial charge in [0.25, 0.3) is 5.91 Å². The fourth-order valence-electron chi connectivity index (χ4n) is 9.26. The molecule has 77 heavy (non-hydrogen) atoms. The molecule has 5 heterocycles. The Morgan fingerprint density at radius 1 is 0.896 bits per heavy atom. The Morgan fingerprint density at radius 3 is 2.34 bits per heavy atom. The summed E-state index contributed by atoms with van der Waals surface area (Å²) < 4.78 is 67.2. The van der Waals surface area contributed by atoms with E-state index in [0.717, 1.165) is 38.1 Å². The number of hydrogen-bond donors (Lipinski definition) is 4. The van der Waals surface area contributed by atoms with Crippen molar-refractivity contribution < 1.29 is 46.5 Å². The number of nitrogens with one attached hydrogen (secondary N) is 4. The number of alkyl halides is 3. The minimum Gasteiger partial charge on any atom is -0.495 e. The number of rotatable bonds is 22. The number of ether oxygens (including phenoxy) is 4. The maximum absolute atomic E-state index is 13.9. The lowest BCUT2D eigenvalue weighted by atomic mass is 9.99. The smallest absolute Gasteiger partial charge is 0.406 e. The molecule has 408 valence electrons. The van der Waals surface area contributed by atoms with Gasteiger partial charge in [-0.1, -0.05) is 35.7 Å². The first-order valence-corrected chi connectivity index (χ1v) is 26.5. The Hall–Kier alpha value is -6.96. The zero-order chi connectivity index (χ0) is 54.6. The van der Waals surface area contributed by atoms with E-state index in [-0.39, 0.29) is 55.5 Å². The van der Waals surface area contributed by atoms with E-state index in [1.54, 1.807) is 47.7 Å². The number of aliphatic imine (C=N–C) groups is 1. The van der Waals surface area contributed by atoms with Crippen molar-refractivity contribution in [1.82, 2.24) is 34.9 Å². The first kappa shape index (κ1) is 56.2. The predicted molar refractivity (Wildman–Crippen MR) is 291 cm³/mol. The van der Waals surface area contributed by atoms with Gasteiger partial charge in [0.1, 0.15) is 29.2 Å². The van der Waals surface area contributed by atoms with Crippen LogP contribution in [0.5, 0.6) is 5.75 Å². The number of benzene rings is 3. The van der Waals surface area contributed by atoms with Crippen LogP contribution in [0.2, 0.25) is 5.02 Å². The highest BCUT2D eigenvalue weighted by Crippen LogP contribution is 2.40. The molecule has 8 rings (SSSR count). The number of aromatic nitrogens is 4. The largest absolute Gasteiger partial charge is 0.495 e. The van der Waals surface area contributed by atoms with E-state index >= 15 is 0 Å². The van der Waals surface area contributed by atoms with Crippen LogP contribution in [-0.2, 0) is 30.3 Å². The lowest BCUT2D eigenvalue weighted by molar-refractivity contribution is -0.140. The van der Waals surface area contributed by atoms with Crippen molar-refractivity contribution in [1.29, 1.82) is 0 Å². The SMILES string of the molecule is CNC(=O)c1ccc(NCC#Cc2cc3c(NC4CCN(C(=O)CCOCCOCCOCCNC(=O)C[C@@H]5N=C(c6ccc(Cl)cc6)c6c(sc(C)c6C)-n6c(C)nnc65)CC4)cccc3n2CC(F)(F)F)c(OC)c1. The maximum Gasteiger partial charge on any atom is 0.406 e. The molecular formula is C55H62ClF3N10O7S. The number of thiophene rings is 1. The normalized spacial score (nSPS) is 14.5. The number of carbonyl (C=O) groups is 3. The molecule has 1 fully saturated rings. The molecule has 2 aliphatic heterocycles. The third kappa shape index (κ3) is 14.2. The molecule has 3 amide bonds. The van der Waals surface area contributed by atoms with Gasteiger partial charge in [-0.2, -0.15) is 13.2 Å². The molecule has 1 atom stereocenters. The van der Waals surface area contributed by atoms with Gasteiger partial charge in [0.15, 0.2) is 5.82 Å². The molecule has 2 aliphatic rings. The number of halogens is 4. The zero-order valence-electron chi connectivity index (χ0n) is 43.6. The summed E-state index contributed by atoms with van der Waals surface area (Å²) in [5, 5.41) is 23.2. The van der Waals surface area contributed by atoms with Crippen LogP contribution >= 0.6 is 22.9 Å². The van der Waals surface area contributed by atoms with E-state index in [1.807, 2.05) is 46.7 Å². The number of nitrogens with zero attached hydrogens (tertiary/aromatic N) is 6. The summed E-state index contributed by atoms with van der Waals surface area (Å²) in [7, 11) is 3.00. The number of hydrogen-bond acceptors (Lipinski definition) is 13. The van der Waals surface area contributed by atoms with E-state index in [0.29, 0.717) is 110 Å². The average Bonchev–Trinajstić information content (AvgIpc) is 4.10. The molecule has 0 aliphatic carbocycles. The number of likely N-dealkylation sites (tertiary alicyclic amines) is 1. The highest BCUT2D eigenvalue weighted by atomic mass is 35.5. The monoisotopic (exact) mass is 1100 g/mol. The van der Waals surface area contributed by atoms with Gasteiger partial charge in [-0.25, -0.2) is 0 Å². The molecular weight excluding hydrogens is 1040 g/mol. The number of methoxy groups -OCH3 is 1. The minimum atomic E-state index is -4.48. The van der Waals surface area contributed by atoms with Gasteiger partial charge in [-0.3, -0.25) is 23.9 Å². The van der Waals surface area contributed by atoms with Crippen molar-refractivity contribution in [3.8, 4) is 22.6 Å². The molecule has 0 spiro atoms. The number of fused-ring (bicyclic) bond motifs is 4. The molecule has 0 bridgehead atoms. The highest BCUT2D eigenvalue weighted by Gasteiger charge is 2.33. The Balaban J connectivity index is 0.715. The second-order valence-corrected chi connectivity index (χ2v) is 20.1. The van der Waals surface area contributed by atoms with Crippen LogP contribution in [0.25, 0.3) is 15.9 Å².